The molecule has 0 saturated carbocycles. The SMILES string of the molecule is CCN[CH-]C(O)(c1ccc2occc2c1)C(Cl)(Cl)Cl.[Ru+]. The number of hydrogen-bond acceptors (Lipinski definition) is 3. The Morgan fingerprint density at radius 3 is 2.60 bits per heavy atom. The first-order valence-electron chi connectivity index (χ1n) is 5.73. The summed E-state index contributed by atoms with van der Waals surface area (Å²) in [5.41, 5.74) is -0.555. The molecule has 0 aliphatic rings. The van der Waals surface area contributed by atoms with Crippen molar-refractivity contribution in [3.05, 3.63) is 42.6 Å². The fourth-order valence-electron chi connectivity index (χ4n) is 1.78. The van der Waals surface area contributed by atoms with Gasteiger partial charge in [-0.2, -0.15) is 0 Å². The van der Waals surface area contributed by atoms with Gasteiger partial charge in [-0.05, 0) is 30.3 Å². The van der Waals surface area contributed by atoms with E-state index in [1.54, 1.807) is 30.5 Å². The topological polar surface area (TPSA) is 45.4 Å². The third-order valence-corrected chi connectivity index (χ3v) is 3.70. The molecule has 0 amide bonds. The average molecular weight is 423 g/mol. The van der Waals surface area contributed by atoms with Crippen LogP contribution in [0.5, 0.6) is 0 Å². The molecule has 0 saturated heterocycles. The van der Waals surface area contributed by atoms with Crippen LogP contribution in [-0.4, -0.2) is 15.4 Å². The molecule has 2 N–H and O–H groups in total. The van der Waals surface area contributed by atoms with E-state index in [0.29, 0.717) is 17.7 Å². The third-order valence-electron chi connectivity index (χ3n) is 2.84. The molecule has 0 aliphatic heterocycles. The molecule has 1 unspecified atom stereocenters. The van der Waals surface area contributed by atoms with Gasteiger partial charge in [0.1, 0.15) is 5.58 Å². The molecular formula is C13H13Cl3NO2Ru. The maximum atomic E-state index is 10.7. The molecule has 3 nitrogen and oxygen atoms in total. The molecular weight excluding hydrogens is 410 g/mol. The second-order valence-corrected chi connectivity index (χ2v) is 6.42. The smallest absolute Gasteiger partial charge is 0.467 e. The molecule has 0 aliphatic carbocycles. The van der Waals surface area contributed by atoms with Crippen LogP contribution >= 0.6 is 34.8 Å². The van der Waals surface area contributed by atoms with Gasteiger partial charge in [0.2, 0.25) is 0 Å². The summed E-state index contributed by atoms with van der Waals surface area (Å²) in [6, 6.07) is 6.91. The van der Waals surface area contributed by atoms with E-state index in [-0.39, 0.29) is 19.5 Å². The van der Waals surface area contributed by atoms with Gasteiger partial charge in [-0.1, -0.05) is 47.8 Å². The predicted molar refractivity (Wildman–Crippen MR) is 78.4 cm³/mol. The van der Waals surface area contributed by atoms with Crippen molar-refractivity contribution in [2.45, 2.75) is 16.3 Å². The zero-order valence-electron chi connectivity index (χ0n) is 10.5. The fraction of sp³-hybridized carbons (Fsp3) is 0.308. The van der Waals surface area contributed by atoms with Crippen LogP contribution in [0.4, 0.5) is 0 Å². The van der Waals surface area contributed by atoms with Crippen molar-refractivity contribution in [2.75, 3.05) is 6.54 Å². The van der Waals surface area contributed by atoms with Gasteiger partial charge >= 0.3 is 19.5 Å². The van der Waals surface area contributed by atoms with Gasteiger partial charge in [0.25, 0.3) is 0 Å². The Kier molecular flexibility index (Phi) is 6.34. The van der Waals surface area contributed by atoms with Crippen LogP contribution in [0.15, 0.2) is 34.9 Å². The zero-order valence-corrected chi connectivity index (χ0v) is 14.5. The maximum Gasteiger partial charge on any atom is 1.00 e. The number of hydrogen-bond donors (Lipinski definition) is 2. The maximum absolute atomic E-state index is 10.7. The Bertz CT molecular complexity index is 570. The number of aliphatic hydroxyl groups is 1. The van der Waals surface area contributed by atoms with Gasteiger partial charge in [0.05, 0.1) is 6.26 Å². The number of rotatable bonds is 4. The van der Waals surface area contributed by atoms with Gasteiger partial charge in [-0.15, -0.1) is 0 Å². The second-order valence-electron chi connectivity index (χ2n) is 4.14. The standard InChI is InChI=1S/C13H13Cl3NO2.Ru/c1-2-17-8-12(18,13(14,15)16)10-3-4-11-9(7-10)5-6-19-11;/h3-8,17-18H,2H2,1H3;/q-1;+1. The minimum absolute atomic E-state index is 0. The van der Waals surface area contributed by atoms with E-state index in [1.165, 1.54) is 6.54 Å². The first-order valence-corrected chi connectivity index (χ1v) is 6.86. The minimum Gasteiger partial charge on any atom is -0.467 e. The summed E-state index contributed by atoms with van der Waals surface area (Å²) in [6.45, 7) is 3.88. The number of fused-ring (bicyclic) bond motifs is 1. The first kappa shape index (κ1) is 18.2. The van der Waals surface area contributed by atoms with Gasteiger partial charge in [0, 0.05) is 11.0 Å². The van der Waals surface area contributed by atoms with Crippen molar-refractivity contribution in [3.63, 3.8) is 0 Å². The Balaban J connectivity index is 0.00000200. The summed E-state index contributed by atoms with van der Waals surface area (Å²) in [5.74, 6) is 0. The van der Waals surface area contributed by atoms with Crippen LogP contribution in [0, 0.1) is 6.54 Å². The van der Waals surface area contributed by atoms with Crippen LogP contribution in [-0.2, 0) is 25.1 Å². The van der Waals surface area contributed by atoms with Crippen LogP contribution in [0.3, 0.4) is 0 Å². The van der Waals surface area contributed by atoms with Gasteiger partial charge < -0.3 is 14.8 Å². The second kappa shape index (κ2) is 6.96. The third kappa shape index (κ3) is 3.49. The Hall–Kier alpha value is 0.173. The average Bonchev–Trinajstić information content (AvgIpc) is 2.81. The van der Waals surface area contributed by atoms with Gasteiger partial charge in [-0.25, -0.2) is 6.54 Å². The fourth-order valence-corrected chi connectivity index (χ4v) is 2.27. The molecule has 1 aromatic carbocycles. The summed E-state index contributed by atoms with van der Waals surface area (Å²) in [6.07, 6.45) is 1.57. The van der Waals surface area contributed by atoms with Crippen LogP contribution < -0.4 is 5.32 Å². The van der Waals surface area contributed by atoms with E-state index in [2.05, 4.69) is 5.32 Å². The Morgan fingerprint density at radius 1 is 1.30 bits per heavy atom. The summed E-state index contributed by atoms with van der Waals surface area (Å²) in [4.78, 5) is 0. The molecule has 0 bridgehead atoms. The number of halogens is 3. The number of furan rings is 1. The molecule has 1 aromatic heterocycles. The van der Waals surface area contributed by atoms with Crippen molar-refractivity contribution in [2.24, 2.45) is 0 Å². The first-order chi connectivity index (χ1) is 8.88. The monoisotopic (exact) mass is 422 g/mol. The van der Waals surface area contributed by atoms with Crippen LogP contribution in [0.1, 0.15) is 12.5 Å². The number of nitrogens with one attached hydrogen (secondary N) is 1. The summed E-state index contributed by atoms with van der Waals surface area (Å²) < 4.78 is 3.35. The summed E-state index contributed by atoms with van der Waals surface area (Å²) in [5, 5.41) is 14.4. The van der Waals surface area contributed by atoms with Crippen molar-refractivity contribution >= 4 is 45.8 Å². The molecule has 1 heterocycles. The number of benzene rings is 1. The summed E-state index contributed by atoms with van der Waals surface area (Å²) >= 11 is 17.8. The van der Waals surface area contributed by atoms with E-state index < -0.39 is 9.39 Å². The number of likely N-dealkylation sites (N-methyl/N-ethyl adjacent to an activating group) is 1. The molecule has 1 atom stereocenters. The van der Waals surface area contributed by atoms with Crippen molar-refractivity contribution in [1.82, 2.24) is 5.32 Å². The van der Waals surface area contributed by atoms with Crippen molar-refractivity contribution in [1.29, 1.82) is 0 Å². The number of alkyl halides is 3. The molecule has 2 rings (SSSR count). The van der Waals surface area contributed by atoms with Gasteiger partial charge in [0.15, 0.2) is 3.79 Å². The molecule has 0 fully saturated rings. The normalized spacial score (nSPS) is 14.8. The Labute approximate surface area is 145 Å². The molecule has 1 radical (unpaired) electrons. The Morgan fingerprint density at radius 2 is 2.00 bits per heavy atom. The molecule has 111 valence electrons. The van der Waals surface area contributed by atoms with Crippen molar-refractivity contribution in [3.8, 4) is 0 Å². The quantitative estimate of drug-likeness (QED) is 0.448. The molecule has 7 heteroatoms. The minimum atomic E-state index is -1.90. The zero-order chi connectivity index (χ0) is 14.1. The van der Waals surface area contributed by atoms with Crippen molar-refractivity contribution < 1.29 is 29.0 Å². The predicted octanol–water partition coefficient (Wildman–Crippen LogP) is 3.76. The molecule has 2 aromatic rings. The molecule has 20 heavy (non-hydrogen) atoms. The van der Waals surface area contributed by atoms with Gasteiger partial charge in [-0.3, -0.25) is 0 Å². The van der Waals surface area contributed by atoms with E-state index in [0.717, 1.165) is 5.39 Å². The largest absolute Gasteiger partial charge is 1.00 e. The summed E-state index contributed by atoms with van der Waals surface area (Å²) in [7, 11) is 0. The van der Waals surface area contributed by atoms with Crippen LogP contribution in [0.25, 0.3) is 11.0 Å². The van der Waals surface area contributed by atoms with E-state index in [9.17, 15) is 5.11 Å². The van der Waals surface area contributed by atoms with Crippen LogP contribution in [0.2, 0.25) is 0 Å². The van der Waals surface area contributed by atoms with E-state index >= 15 is 0 Å². The van der Waals surface area contributed by atoms with E-state index in [4.69, 9.17) is 39.2 Å². The molecule has 0 spiro atoms. The van der Waals surface area contributed by atoms with E-state index in [1.807, 2.05) is 6.92 Å².